The number of carbonyl (C=O) groups excluding carboxylic acids is 1. The lowest BCUT2D eigenvalue weighted by Crippen LogP contribution is -2.28. The lowest BCUT2D eigenvalue weighted by molar-refractivity contribution is -0.122. The maximum Gasteiger partial charge on any atom is 0.266 e. The standard InChI is InChI=1S/C19H18ClN3OS/c1-3-13-7-9-14(10-8-13)12-16-18(24)23(4-2)19(25-16)22-15-6-5-11-21-17(15)20/h5-12H,3-4H2,1-2H3/b16-12-,22-19?. The van der Waals surface area contributed by atoms with Gasteiger partial charge in [0.1, 0.15) is 5.69 Å². The first-order chi connectivity index (χ1) is 12.1. The highest BCUT2D eigenvalue weighted by Crippen LogP contribution is 2.35. The van der Waals surface area contributed by atoms with E-state index in [4.69, 9.17) is 11.6 Å². The van der Waals surface area contributed by atoms with Crippen LogP contribution in [0.4, 0.5) is 5.69 Å². The van der Waals surface area contributed by atoms with Crippen molar-refractivity contribution in [3.63, 3.8) is 0 Å². The summed E-state index contributed by atoms with van der Waals surface area (Å²) in [6, 6.07) is 11.8. The van der Waals surface area contributed by atoms with Gasteiger partial charge in [0, 0.05) is 12.7 Å². The van der Waals surface area contributed by atoms with E-state index < -0.39 is 0 Å². The van der Waals surface area contributed by atoms with Crippen LogP contribution < -0.4 is 0 Å². The molecule has 0 spiro atoms. The second-order valence-electron chi connectivity index (χ2n) is 5.46. The molecule has 1 aliphatic heterocycles. The molecule has 0 atom stereocenters. The van der Waals surface area contributed by atoms with Gasteiger partial charge in [-0.15, -0.1) is 0 Å². The fraction of sp³-hybridized carbons (Fsp3) is 0.211. The SMILES string of the molecule is CCc1ccc(/C=C2\SC(=Nc3cccnc3Cl)N(CC)C2=O)cc1. The number of hydrogen-bond donors (Lipinski definition) is 0. The number of aryl methyl sites for hydroxylation is 1. The molecule has 6 heteroatoms. The minimum Gasteiger partial charge on any atom is -0.287 e. The van der Waals surface area contributed by atoms with Crippen molar-refractivity contribution in [2.24, 2.45) is 4.99 Å². The van der Waals surface area contributed by atoms with Crippen molar-refractivity contribution in [1.29, 1.82) is 0 Å². The number of pyridine rings is 1. The minimum atomic E-state index is -0.0363. The summed E-state index contributed by atoms with van der Waals surface area (Å²) >= 11 is 7.44. The Hall–Kier alpha value is -2.11. The molecule has 1 aromatic carbocycles. The van der Waals surface area contributed by atoms with Crippen molar-refractivity contribution in [3.05, 3.63) is 63.8 Å². The zero-order valence-corrected chi connectivity index (χ0v) is 15.6. The van der Waals surface area contributed by atoms with Crippen molar-refractivity contribution in [1.82, 2.24) is 9.88 Å². The van der Waals surface area contributed by atoms with Crippen LogP contribution in [0, 0.1) is 0 Å². The summed E-state index contributed by atoms with van der Waals surface area (Å²) < 4.78 is 0. The Morgan fingerprint density at radius 2 is 2.00 bits per heavy atom. The molecule has 0 saturated carbocycles. The van der Waals surface area contributed by atoms with Gasteiger partial charge < -0.3 is 0 Å². The molecule has 0 N–H and O–H groups in total. The molecule has 0 aliphatic carbocycles. The Morgan fingerprint density at radius 3 is 2.64 bits per heavy atom. The van der Waals surface area contributed by atoms with Crippen LogP contribution in [-0.4, -0.2) is 27.5 Å². The maximum absolute atomic E-state index is 12.7. The van der Waals surface area contributed by atoms with E-state index in [2.05, 4.69) is 29.0 Å². The summed E-state index contributed by atoms with van der Waals surface area (Å²) in [6.07, 6.45) is 4.52. The summed E-state index contributed by atoms with van der Waals surface area (Å²) in [7, 11) is 0. The van der Waals surface area contributed by atoms with Gasteiger partial charge in [0.05, 0.1) is 4.91 Å². The molecule has 1 fully saturated rings. The van der Waals surface area contributed by atoms with Crippen molar-refractivity contribution in [2.45, 2.75) is 20.3 Å². The van der Waals surface area contributed by atoms with Gasteiger partial charge in [-0.1, -0.05) is 42.8 Å². The molecule has 1 amide bonds. The number of thioether (sulfide) groups is 1. The van der Waals surface area contributed by atoms with Crippen LogP contribution in [0.25, 0.3) is 6.08 Å². The van der Waals surface area contributed by atoms with E-state index in [9.17, 15) is 4.79 Å². The van der Waals surface area contributed by atoms with Gasteiger partial charge >= 0.3 is 0 Å². The molecule has 1 aromatic heterocycles. The monoisotopic (exact) mass is 371 g/mol. The molecule has 0 radical (unpaired) electrons. The van der Waals surface area contributed by atoms with Gasteiger partial charge in [0.15, 0.2) is 10.3 Å². The molecule has 0 unspecified atom stereocenters. The Kier molecular flexibility index (Phi) is 5.56. The topological polar surface area (TPSA) is 45.6 Å². The number of hydrogen-bond acceptors (Lipinski definition) is 4. The number of carbonyl (C=O) groups is 1. The second kappa shape index (κ2) is 7.85. The molecule has 128 valence electrons. The highest BCUT2D eigenvalue weighted by atomic mass is 35.5. The van der Waals surface area contributed by atoms with Gasteiger partial charge in [-0.05, 0) is 54.4 Å². The van der Waals surface area contributed by atoms with Crippen LogP contribution in [0.3, 0.4) is 0 Å². The number of benzene rings is 1. The predicted octanol–water partition coefficient (Wildman–Crippen LogP) is 4.92. The van der Waals surface area contributed by atoms with Crippen LogP contribution in [0.5, 0.6) is 0 Å². The summed E-state index contributed by atoms with van der Waals surface area (Å²) in [5.74, 6) is -0.0363. The third kappa shape index (κ3) is 3.94. The number of amides is 1. The van der Waals surface area contributed by atoms with Crippen LogP contribution in [-0.2, 0) is 11.2 Å². The van der Waals surface area contributed by atoms with Gasteiger partial charge in [0.25, 0.3) is 5.91 Å². The molecule has 3 rings (SSSR count). The third-order valence-electron chi connectivity index (χ3n) is 3.85. The van der Waals surface area contributed by atoms with E-state index in [0.717, 1.165) is 12.0 Å². The normalized spacial score (nSPS) is 17.7. The van der Waals surface area contributed by atoms with Crippen LogP contribution in [0.2, 0.25) is 5.15 Å². The summed E-state index contributed by atoms with van der Waals surface area (Å²) in [5.41, 5.74) is 2.84. The van der Waals surface area contributed by atoms with E-state index in [1.165, 1.54) is 17.3 Å². The van der Waals surface area contributed by atoms with Gasteiger partial charge in [-0.25, -0.2) is 9.98 Å². The van der Waals surface area contributed by atoms with Gasteiger partial charge in [-0.3, -0.25) is 9.69 Å². The number of likely N-dealkylation sites (N-methyl/N-ethyl adjacent to an activating group) is 1. The van der Waals surface area contributed by atoms with E-state index in [1.807, 2.05) is 25.1 Å². The van der Waals surface area contributed by atoms with Crippen molar-refractivity contribution < 1.29 is 4.79 Å². The predicted molar refractivity (Wildman–Crippen MR) is 105 cm³/mol. The second-order valence-corrected chi connectivity index (χ2v) is 6.83. The van der Waals surface area contributed by atoms with E-state index >= 15 is 0 Å². The Balaban J connectivity index is 1.91. The highest BCUT2D eigenvalue weighted by molar-refractivity contribution is 8.18. The molecule has 0 bridgehead atoms. The molecular formula is C19H18ClN3OS. The molecule has 2 heterocycles. The number of nitrogens with zero attached hydrogens (tertiary/aromatic N) is 3. The number of aromatic nitrogens is 1. The van der Waals surface area contributed by atoms with Crippen molar-refractivity contribution in [3.8, 4) is 0 Å². The average molecular weight is 372 g/mol. The third-order valence-corrected chi connectivity index (χ3v) is 5.14. The van der Waals surface area contributed by atoms with E-state index in [-0.39, 0.29) is 5.91 Å². The molecule has 4 nitrogen and oxygen atoms in total. The Bertz CT molecular complexity index is 846. The van der Waals surface area contributed by atoms with E-state index in [0.29, 0.717) is 27.5 Å². The first kappa shape index (κ1) is 17.7. The largest absolute Gasteiger partial charge is 0.287 e. The zero-order valence-electron chi connectivity index (χ0n) is 14.1. The van der Waals surface area contributed by atoms with Crippen LogP contribution in [0.15, 0.2) is 52.5 Å². The lowest BCUT2D eigenvalue weighted by atomic mass is 10.1. The summed E-state index contributed by atoms with van der Waals surface area (Å²) in [4.78, 5) is 23.5. The summed E-state index contributed by atoms with van der Waals surface area (Å²) in [6.45, 7) is 4.60. The smallest absolute Gasteiger partial charge is 0.266 e. The number of rotatable bonds is 4. The highest BCUT2D eigenvalue weighted by Gasteiger charge is 2.32. The fourth-order valence-electron chi connectivity index (χ4n) is 2.44. The van der Waals surface area contributed by atoms with Crippen LogP contribution >= 0.6 is 23.4 Å². The fourth-order valence-corrected chi connectivity index (χ4v) is 3.65. The molecule has 25 heavy (non-hydrogen) atoms. The number of aliphatic imine (C=N–C) groups is 1. The molecule has 2 aromatic rings. The molecular weight excluding hydrogens is 354 g/mol. The van der Waals surface area contributed by atoms with Gasteiger partial charge in [-0.2, -0.15) is 0 Å². The van der Waals surface area contributed by atoms with Crippen molar-refractivity contribution in [2.75, 3.05) is 6.54 Å². The lowest BCUT2D eigenvalue weighted by Gasteiger charge is -2.12. The number of amidine groups is 1. The van der Waals surface area contributed by atoms with Crippen molar-refractivity contribution >= 4 is 46.2 Å². The Morgan fingerprint density at radius 1 is 1.24 bits per heavy atom. The first-order valence-corrected chi connectivity index (χ1v) is 9.31. The maximum atomic E-state index is 12.7. The average Bonchev–Trinajstić information content (AvgIpc) is 2.92. The Labute approximate surface area is 156 Å². The van der Waals surface area contributed by atoms with E-state index in [1.54, 1.807) is 23.2 Å². The molecule has 1 saturated heterocycles. The zero-order chi connectivity index (χ0) is 17.8. The molecule has 1 aliphatic rings. The quantitative estimate of drug-likeness (QED) is 0.566. The summed E-state index contributed by atoms with van der Waals surface area (Å²) in [5, 5.41) is 0.950. The number of halogens is 1. The minimum absolute atomic E-state index is 0.0363. The van der Waals surface area contributed by atoms with Crippen LogP contribution in [0.1, 0.15) is 25.0 Å². The first-order valence-electron chi connectivity index (χ1n) is 8.12. The van der Waals surface area contributed by atoms with Gasteiger partial charge in [0.2, 0.25) is 0 Å².